The second-order valence-electron chi connectivity index (χ2n) is 5.96. The Morgan fingerprint density at radius 3 is 2.43 bits per heavy atom. The van der Waals surface area contributed by atoms with E-state index in [0.717, 1.165) is 19.3 Å². The first-order chi connectivity index (χ1) is 10.9. The fraction of sp³-hybridized carbons (Fsp3) is 0.529. The number of ether oxygens (including phenoxy) is 1. The van der Waals surface area contributed by atoms with Crippen LogP contribution in [-0.2, 0) is 20.3 Å². The summed E-state index contributed by atoms with van der Waals surface area (Å²) in [5.74, 6) is -0.783. The van der Waals surface area contributed by atoms with Crippen LogP contribution < -0.4 is 0 Å². The number of likely N-dealkylation sites (tertiary alicyclic amines) is 1. The van der Waals surface area contributed by atoms with E-state index < -0.39 is 16.8 Å². The second kappa shape index (κ2) is 7.73. The van der Waals surface area contributed by atoms with Gasteiger partial charge in [0.15, 0.2) is 6.61 Å². The van der Waals surface area contributed by atoms with Crippen molar-refractivity contribution in [3.8, 4) is 0 Å². The third-order valence-corrected chi connectivity index (χ3v) is 5.20. The van der Waals surface area contributed by atoms with Crippen LogP contribution in [-0.4, -0.2) is 45.9 Å². The molecule has 1 amide bonds. The van der Waals surface area contributed by atoms with E-state index in [9.17, 15) is 13.8 Å². The largest absolute Gasteiger partial charge is 0.452 e. The number of esters is 1. The number of hydrogen-bond acceptors (Lipinski definition) is 4. The van der Waals surface area contributed by atoms with E-state index in [1.165, 1.54) is 6.26 Å². The standard InChI is InChI=1S/C17H23NO4S/c1-12-7-6-8-13(2)18(12)16(19)11-22-17(20)14-9-4-5-10-15(14)23(3)21/h4-5,9-10,12-13H,6-8,11H2,1-3H3/t12-,13-,23-/m1/s1. The Labute approximate surface area is 139 Å². The number of rotatable bonds is 4. The molecule has 1 aliphatic rings. The van der Waals surface area contributed by atoms with E-state index in [2.05, 4.69) is 0 Å². The molecular formula is C17H23NO4S. The van der Waals surface area contributed by atoms with E-state index in [1.807, 2.05) is 13.8 Å². The first-order valence-electron chi connectivity index (χ1n) is 7.82. The number of benzene rings is 1. The van der Waals surface area contributed by atoms with Gasteiger partial charge >= 0.3 is 5.97 Å². The van der Waals surface area contributed by atoms with Crippen LogP contribution in [0.3, 0.4) is 0 Å². The minimum Gasteiger partial charge on any atom is -0.452 e. The molecular weight excluding hydrogens is 314 g/mol. The molecule has 1 saturated heterocycles. The summed E-state index contributed by atoms with van der Waals surface area (Å²) >= 11 is 0. The van der Waals surface area contributed by atoms with Gasteiger partial charge in [0, 0.05) is 18.3 Å². The van der Waals surface area contributed by atoms with Crippen molar-refractivity contribution >= 4 is 22.7 Å². The highest BCUT2D eigenvalue weighted by Crippen LogP contribution is 2.22. The number of amides is 1. The van der Waals surface area contributed by atoms with Crippen molar-refractivity contribution in [3.63, 3.8) is 0 Å². The number of nitrogens with zero attached hydrogens (tertiary/aromatic N) is 1. The van der Waals surface area contributed by atoms with Gasteiger partial charge < -0.3 is 9.64 Å². The molecule has 0 aromatic heterocycles. The normalized spacial score (nSPS) is 22.5. The maximum Gasteiger partial charge on any atom is 0.339 e. The van der Waals surface area contributed by atoms with Crippen molar-refractivity contribution in [1.82, 2.24) is 4.90 Å². The molecule has 23 heavy (non-hydrogen) atoms. The highest BCUT2D eigenvalue weighted by molar-refractivity contribution is 7.84. The molecule has 0 spiro atoms. The summed E-state index contributed by atoms with van der Waals surface area (Å²) in [4.78, 5) is 26.8. The molecule has 1 aromatic rings. The van der Waals surface area contributed by atoms with Crippen LogP contribution in [0.5, 0.6) is 0 Å². The first-order valence-corrected chi connectivity index (χ1v) is 9.38. The van der Waals surface area contributed by atoms with Crippen LogP contribution in [0.25, 0.3) is 0 Å². The third kappa shape index (κ3) is 4.19. The van der Waals surface area contributed by atoms with Gasteiger partial charge in [0.1, 0.15) is 0 Å². The fourth-order valence-corrected chi connectivity index (χ4v) is 3.81. The molecule has 3 atom stereocenters. The average Bonchev–Trinajstić information content (AvgIpc) is 2.52. The summed E-state index contributed by atoms with van der Waals surface area (Å²) < 4.78 is 16.8. The van der Waals surface area contributed by atoms with Gasteiger partial charge in [-0.15, -0.1) is 0 Å². The van der Waals surface area contributed by atoms with Crippen molar-refractivity contribution in [2.45, 2.75) is 50.1 Å². The van der Waals surface area contributed by atoms with E-state index >= 15 is 0 Å². The smallest absolute Gasteiger partial charge is 0.339 e. The van der Waals surface area contributed by atoms with Gasteiger partial charge in [-0.3, -0.25) is 9.00 Å². The molecule has 1 heterocycles. The predicted octanol–water partition coefficient (Wildman–Crippen LogP) is 2.37. The van der Waals surface area contributed by atoms with Gasteiger partial charge in [-0.05, 0) is 45.2 Å². The van der Waals surface area contributed by atoms with Gasteiger partial charge in [0.05, 0.1) is 21.3 Å². The van der Waals surface area contributed by atoms with Crippen LogP contribution in [0.15, 0.2) is 29.2 Å². The summed E-state index contributed by atoms with van der Waals surface area (Å²) in [6.07, 6.45) is 4.57. The van der Waals surface area contributed by atoms with Crippen LogP contribution in [0, 0.1) is 0 Å². The van der Waals surface area contributed by atoms with E-state index in [4.69, 9.17) is 4.74 Å². The molecule has 0 radical (unpaired) electrons. The second-order valence-corrected chi connectivity index (χ2v) is 7.30. The number of carbonyl (C=O) groups is 2. The number of piperidine rings is 1. The molecule has 5 nitrogen and oxygen atoms in total. The minimum absolute atomic E-state index is 0.167. The summed E-state index contributed by atoms with van der Waals surface area (Å²) in [6, 6.07) is 6.93. The molecule has 1 aliphatic heterocycles. The maximum atomic E-state index is 12.4. The quantitative estimate of drug-likeness (QED) is 0.791. The zero-order valence-corrected chi connectivity index (χ0v) is 14.6. The monoisotopic (exact) mass is 337 g/mol. The topological polar surface area (TPSA) is 63.7 Å². The SMILES string of the molecule is C[C@@H]1CCC[C@@H](C)N1C(=O)COC(=O)c1ccccc1[S@@](C)=O. The van der Waals surface area contributed by atoms with Crippen molar-refractivity contribution in [2.75, 3.05) is 12.9 Å². The van der Waals surface area contributed by atoms with Crippen molar-refractivity contribution in [3.05, 3.63) is 29.8 Å². The van der Waals surface area contributed by atoms with Crippen molar-refractivity contribution in [1.29, 1.82) is 0 Å². The molecule has 0 aliphatic carbocycles. The summed E-state index contributed by atoms with van der Waals surface area (Å²) in [6.45, 7) is 3.76. The molecule has 6 heteroatoms. The summed E-state index contributed by atoms with van der Waals surface area (Å²) in [7, 11) is -1.29. The Hall–Kier alpha value is -1.69. The van der Waals surface area contributed by atoms with Gasteiger partial charge in [0.2, 0.25) is 0 Å². The number of carbonyl (C=O) groups excluding carboxylic acids is 2. The lowest BCUT2D eigenvalue weighted by molar-refractivity contribution is -0.140. The van der Waals surface area contributed by atoms with E-state index in [-0.39, 0.29) is 30.2 Å². The highest BCUT2D eigenvalue weighted by Gasteiger charge is 2.29. The molecule has 1 aromatic carbocycles. The maximum absolute atomic E-state index is 12.4. The lowest BCUT2D eigenvalue weighted by Gasteiger charge is -2.38. The fourth-order valence-electron chi connectivity index (χ4n) is 3.08. The Bertz CT molecular complexity index is 606. The van der Waals surface area contributed by atoms with Crippen molar-refractivity contribution in [2.24, 2.45) is 0 Å². The minimum atomic E-state index is -1.29. The Morgan fingerprint density at radius 1 is 1.22 bits per heavy atom. The Balaban J connectivity index is 2.02. The summed E-state index contributed by atoms with van der Waals surface area (Å²) in [5, 5.41) is 0. The van der Waals surface area contributed by atoms with Crippen LogP contribution in [0.4, 0.5) is 0 Å². The van der Waals surface area contributed by atoms with E-state index in [0.29, 0.717) is 4.90 Å². The average molecular weight is 337 g/mol. The zero-order chi connectivity index (χ0) is 17.0. The molecule has 126 valence electrons. The molecule has 0 unspecified atom stereocenters. The van der Waals surface area contributed by atoms with Gasteiger partial charge in [-0.1, -0.05) is 12.1 Å². The van der Waals surface area contributed by atoms with Gasteiger partial charge in [-0.25, -0.2) is 4.79 Å². The number of hydrogen-bond donors (Lipinski definition) is 0. The lowest BCUT2D eigenvalue weighted by Crippen LogP contribution is -2.49. The van der Waals surface area contributed by atoms with Crippen LogP contribution in [0.1, 0.15) is 43.5 Å². The molecule has 0 N–H and O–H groups in total. The summed E-state index contributed by atoms with van der Waals surface area (Å²) in [5.41, 5.74) is 0.251. The Morgan fingerprint density at radius 2 is 1.83 bits per heavy atom. The van der Waals surface area contributed by atoms with Crippen LogP contribution >= 0.6 is 0 Å². The molecule has 1 fully saturated rings. The van der Waals surface area contributed by atoms with Gasteiger partial charge in [0.25, 0.3) is 5.91 Å². The van der Waals surface area contributed by atoms with E-state index in [1.54, 1.807) is 29.2 Å². The zero-order valence-electron chi connectivity index (χ0n) is 13.8. The lowest BCUT2D eigenvalue weighted by atomic mass is 9.97. The van der Waals surface area contributed by atoms with Crippen molar-refractivity contribution < 1.29 is 18.5 Å². The highest BCUT2D eigenvalue weighted by atomic mass is 32.2. The first kappa shape index (κ1) is 17.7. The molecule has 0 bridgehead atoms. The third-order valence-electron chi connectivity index (χ3n) is 4.22. The molecule has 2 rings (SSSR count). The van der Waals surface area contributed by atoms with Gasteiger partial charge in [-0.2, -0.15) is 0 Å². The Kier molecular flexibility index (Phi) is 5.93. The predicted molar refractivity (Wildman–Crippen MR) is 88.7 cm³/mol. The molecule has 0 saturated carbocycles. The van der Waals surface area contributed by atoms with Crippen LogP contribution in [0.2, 0.25) is 0 Å².